The molecular weight excluding hydrogens is 204 g/mol. The monoisotopic (exact) mass is 212 g/mol. The molecule has 58 valence electrons. The van der Waals surface area contributed by atoms with Crippen molar-refractivity contribution in [3.05, 3.63) is 35.9 Å². The van der Waals surface area contributed by atoms with Gasteiger partial charge < -0.3 is 4.74 Å². The Balaban J connectivity index is 2.17. The normalized spacial score (nSPS) is 29.5. The van der Waals surface area contributed by atoms with Crippen molar-refractivity contribution < 1.29 is 4.74 Å². The van der Waals surface area contributed by atoms with Crippen molar-refractivity contribution in [1.82, 2.24) is 0 Å². The first-order valence-corrected chi connectivity index (χ1v) is 4.60. The molecule has 1 heterocycles. The van der Waals surface area contributed by atoms with Gasteiger partial charge >= 0.3 is 0 Å². The van der Waals surface area contributed by atoms with Gasteiger partial charge in [0.1, 0.15) is 0 Å². The highest BCUT2D eigenvalue weighted by molar-refractivity contribution is 9.09. The van der Waals surface area contributed by atoms with Crippen LogP contribution in [0.25, 0.3) is 0 Å². The summed E-state index contributed by atoms with van der Waals surface area (Å²) >= 11 is 3.54. The van der Waals surface area contributed by atoms with Gasteiger partial charge in [0, 0.05) is 0 Å². The van der Waals surface area contributed by atoms with Gasteiger partial charge in [0.25, 0.3) is 0 Å². The highest BCUT2D eigenvalue weighted by Crippen LogP contribution is 2.34. The molecule has 1 saturated heterocycles. The van der Waals surface area contributed by atoms with E-state index < -0.39 is 0 Å². The molecule has 0 saturated carbocycles. The molecule has 2 heteroatoms. The zero-order valence-corrected chi connectivity index (χ0v) is 7.62. The summed E-state index contributed by atoms with van der Waals surface area (Å²) in [6, 6.07) is 10.3. The van der Waals surface area contributed by atoms with Crippen LogP contribution in [0.15, 0.2) is 30.3 Å². The summed E-state index contributed by atoms with van der Waals surface area (Å²) in [5, 5.41) is 0. The molecule has 0 amide bonds. The third-order valence-corrected chi connectivity index (χ3v) is 2.64. The molecule has 1 aromatic rings. The third kappa shape index (κ3) is 1.33. The summed E-state index contributed by atoms with van der Waals surface area (Å²) in [4.78, 5) is 0.505. The van der Waals surface area contributed by atoms with E-state index >= 15 is 0 Å². The predicted molar refractivity (Wildman–Crippen MR) is 47.9 cm³/mol. The van der Waals surface area contributed by atoms with Crippen molar-refractivity contribution in [3.63, 3.8) is 0 Å². The van der Waals surface area contributed by atoms with Gasteiger partial charge in [-0.3, -0.25) is 0 Å². The van der Waals surface area contributed by atoms with Crippen LogP contribution >= 0.6 is 15.9 Å². The van der Waals surface area contributed by atoms with Crippen LogP contribution in [0, 0.1) is 0 Å². The second kappa shape index (κ2) is 2.95. The number of benzene rings is 1. The Bertz CT molecular complexity index is 235. The van der Waals surface area contributed by atoms with E-state index in [9.17, 15) is 0 Å². The topological polar surface area (TPSA) is 9.23 Å². The Morgan fingerprint density at radius 1 is 1.27 bits per heavy atom. The molecule has 1 nitrogen and oxygen atoms in total. The first-order chi connectivity index (χ1) is 5.38. The van der Waals surface area contributed by atoms with E-state index in [1.807, 2.05) is 18.2 Å². The SMILES string of the molecule is BrC1COC1c1ccccc1. The van der Waals surface area contributed by atoms with E-state index in [1.165, 1.54) is 5.56 Å². The summed E-state index contributed by atoms with van der Waals surface area (Å²) in [6.07, 6.45) is 0.274. The summed E-state index contributed by atoms with van der Waals surface area (Å²) in [5.74, 6) is 0. The molecule has 2 rings (SSSR count). The van der Waals surface area contributed by atoms with Crippen LogP contribution in [-0.4, -0.2) is 11.4 Å². The lowest BCUT2D eigenvalue weighted by Gasteiger charge is -2.32. The van der Waals surface area contributed by atoms with Crippen molar-refractivity contribution in [2.45, 2.75) is 10.9 Å². The third-order valence-electron chi connectivity index (χ3n) is 1.89. The summed E-state index contributed by atoms with van der Waals surface area (Å²) in [6.45, 7) is 0.833. The Morgan fingerprint density at radius 3 is 2.45 bits per heavy atom. The average Bonchev–Trinajstić information content (AvgIpc) is 2.04. The minimum Gasteiger partial charge on any atom is -0.371 e. The second-order valence-corrected chi connectivity index (χ2v) is 3.86. The Hall–Kier alpha value is -0.340. The lowest BCUT2D eigenvalue weighted by Crippen LogP contribution is -2.32. The fourth-order valence-corrected chi connectivity index (χ4v) is 1.82. The van der Waals surface area contributed by atoms with Gasteiger partial charge in [0.2, 0.25) is 0 Å². The molecule has 0 N–H and O–H groups in total. The molecule has 0 bridgehead atoms. The smallest absolute Gasteiger partial charge is 0.0972 e. The maximum Gasteiger partial charge on any atom is 0.0972 e. The maximum atomic E-state index is 5.38. The van der Waals surface area contributed by atoms with Gasteiger partial charge in [0.15, 0.2) is 0 Å². The summed E-state index contributed by atoms with van der Waals surface area (Å²) < 4.78 is 5.38. The largest absolute Gasteiger partial charge is 0.371 e. The van der Waals surface area contributed by atoms with Crippen molar-refractivity contribution >= 4 is 15.9 Å². The molecule has 1 aliphatic heterocycles. The van der Waals surface area contributed by atoms with Crippen molar-refractivity contribution in [3.8, 4) is 0 Å². The average molecular weight is 213 g/mol. The summed E-state index contributed by atoms with van der Waals surface area (Å²) in [5.41, 5.74) is 1.26. The van der Waals surface area contributed by atoms with Gasteiger partial charge in [-0.2, -0.15) is 0 Å². The number of alkyl halides is 1. The molecule has 0 aliphatic carbocycles. The molecule has 1 fully saturated rings. The zero-order valence-electron chi connectivity index (χ0n) is 6.03. The number of ether oxygens (including phenoxy) is 1. The van der Waals surface area contributed by atoms with Gasteiger partial charge in [-0.05, 0) is 5.56 Å². The molecule has 0 aromatic heterocycles. The molecule has 1 aliphatic rings. The van der Waals surface area contributed by atoms with Gasteiger partial charge in [0.05, 0.1) is 17.5 Å². The number of rotatable bonds is 1. The highest BCUT2D eigenvalue weighted by Gasteiger charge is 2.30. The molecular formula is C9H9BrO. The quantitative estimate of drug-likeness (QED) is 0.651. The van der Waals surface area contributed by atoms with E-state index in [-0.39, 0.29) is 6.10 Å². The van der Waals surface area contributed by atoms with Crippen LogP contribution in [0.2, 0.25) is 0 Å². The molecule has 2 atom stereocenters. The number of hydrogen-bond donors (Lipinski definition) is 0. The van der Waals surface area contributed by atoms with Crippen LogP contribution in [0.1, 0.15) is 11.7 Å². The van der Waals surface area contributed by atoms with Gasteiger partial charge in [-0.15, -0.1) is 0 Å². The van der Waals surface area contributed by atoms with Crippen LogP contribution < -0.4 is 0 Å². The molecule has 11 heavy (non-hydrogen) atoms. The zero-order chi connectivity index (χ0) is 7.68. The molecule has 2 unspecified atom stereocenters. The lowest BCUT2D eigenvalue weighted by molar-refractivity contribution is -0.0410. The van der Waals surface area contributed by atoms with E-state index in [0.29, 0.717) is 4.83 Å². The Kier molecular flexibility index (Phi) is 1.96. The Morgan fingerprint density at radius 2 is 2.00 bits per heavy atom. The van der Waals surface area contributed by atoms with Crippen molar-refractivity contribution in [2.75, 3.05) is 6.61 Å². The van der Waals surface area contributed by atoms with Crippen molar-refractivity contribution in [1.29, 1.82) is 0 Å². The standard InChI is InChI=1S/C9H9BrO/c10-8-6-11-9(8)7-4-2-1-3-5-7/h1-5,8-9H,6H2. The van der Waals surface area contributed by atoms with Crippen LogP contribution in [0.4, 0.5) is 0 Å². The molecule has 0 radical (unpaired) electrons. The van der Waals surface area contributed by atoms with E-state index in [2.05, 4.69) is 28.1 Å². The van der Waals surface area contributed by atoms with Gasteiger partial charge in [-0.25, -0.2) is 0 Å². The van der Waals surface area contributed by atoms with Crippen LogP contribution in [0.3, 0.4) is 0 Å². The maximum absolute atomic E-state index is 5.38. The fourth-order valence-electron chi connectivity index (χ4n) is 1.21. The van der Waals surface area contributed by atoms with Crippen LogP contribution in [0.5, 0.6) is 0 Å². The Labute approximate surface area is 74.5 Å². The molecule has 1 aromatic carbocycles. The summed E-state index contributed by atoms with van der Waals surface area (Å²) in [7, 11) is 0. The highest BCUT2D eigenvalue weighted by atomic mass is 79.9. The predicted octanol–water partition coefficient (Wildman–Crippen LogP) is 2.52. The number of hydrogen-bond acceptors (Lipinski definition) is 1. The van der Waals surface area contributed by atoms with E-state index in [4.69, 9.17) is 4.74 Å². The van der Waals surface area contributed by atoms with Crippen molar-refractivity contribution in [2.24, 2.45) is 0 Å². The van der Waals surface area contributed by atoms with E-state index in [0.717, 1.165) is 6.61 Å². The lowest BCUT2D eigenvalue weighted by atomic mass is 10.0. The van der Waals surface area contributed by atoms with E-state index in [1.54, 1.807) is 0 Å². The number of halogens is 1. The first kappa shape index (κ1) is 7.32. The minimum absolute atomic E-state index is 0.274. The second-order valence-electron chi connectivity index (χ2n) is 2.68. The van der Waals surface area contributed by atoms with Crippen LogP contribution in [-0.2, 0) is 4.74 Å². The fraction of sp³-hybridized carbons (Fsp3) is 0.333. The first-order valence-electron chi connectivity index (χ1n) is 3.68. The van der Waals surface area contributed by atoms with Gasteiger partial charge in [-0.1, -0.05) is 46.3 Å². The molecule has 0 spiro atoms. The minimum atomic E-state index is 0.274.